The minimum absolute atomic E-state index is 0. The average molecular weight is 333 g/mol. The van der Waals surface area contributed by atoms with Crippen molar-refractivity contribution in [2.75, 3.05) is 33.3 Å². The molecule has 1 atom stereocenters. The lowest BCUT2D eigenvalue weighted by Crippen LogP contribution is -2.42. The highest BCUT2D eigenvalue weighted by molar-refractivity contribution is 6.30. The van der Waals surface area contributed by atoms with Crippen molar-refractivity contribution in [2.45, 2.75) is 12.8 Å². The first-order valence-corrected chi connectivity index (χ1v) is 7.38. The van der Waals surface area contributed by atoms with Gasteiger partial charge in [0.15, 0.2) is 0 Å². The Morgan fingerprint density at radius 1 is 1.43 bits per heavy atom. The van der Waals surface area contributed by atoms with Crippen molar-refractivity contribution < 1.29 is 9.53 Å². The van der Waals surface area contributed by atoms with Gasteiger partial charge >= 0.3 is 0 Å². The maximum atomic E-state index is 12.2. The molecule has 1 N–H and O–H groups in total. The molecule has 2 rings (SSSR count). The lowest BCUT2D eigenvalue weighted by molar-refractivity contribution is -0.135. The molecule has 0 bridgehead atoms. The molecule has 6 heteroatoms. The quantitative estimate of drug-likeness (QED) is 0.901. The van der Waals surface area contributed by atoms with Crippen LogP contribution in [0, 0.1) is 5.92 Å². The summed E-state index contributed by atoms with van der Waals surface area (Å²) < 4.78 is 5.60. The van der Waals surface area contributed by atoms with Crippen LogP contribution in [0.4, 0.5) is 0 Å². The third-order valence-corrected chi connectivity index (χ3v) is 3.78. The number of nitrogens with one attached hydrogen (secondary N) is 1. The van der Waals surface area contributed by atoms with Gasteiger partial charge in [-0.1, -0.05) is 11.6 Å². The highest BCUT2D eigenvalue weighted by atomic mass is 35.5. The van der Waals surface area contributed by atoms with Crippen LogP contribution in [0.15, 0.2) is 24.3 Å². The number of nitrogens with zero attached hydrogens (tertiary/aromatic N) is 1. The summed E-state index contributed by atoms with van der Waals surface area (Å²) in [5.41, 5.74) is 0. The molecule has 1 fully saturated rings. The molecule has 118 valence electrons. The summed E-state index contributed by atoms with van der Waals surface area (Å²) in [6.07, 6.45) is 2.06. The predicted molar refractivity (Wildman–Crippen MR) is 87.4 cm³/mol. The van der Waals surface area contributed by atoms with E-state index in [2.05, 4.69) is 5.32 Å². The molecule has 0 spiro atoms. The Bertz CT molecular complexity index is 434. The third-order valence-electron chi connectivity index (χ3n) is 3.53. The highest BCUT2D eigenvalue weighted by Crippen LogP contribution is 2.16. The summed E-state index contributed by atoms with van der Waals surface area (Å²) in [6.45, 7) is 2.90. The Morgan fingerprint density at radius 2 is 2.14 bits per heavy atom. The standard InChI is InChI=1S/C15H21ClN2O2.ClH/c1-18(15(19)12-3-2-8-17-11-12)9-10-20-14-6-4-13(16)5-7-14;/h4-7,12,17H,2-3,8-11H2,1H3;1H/t12-;/m1./s1. The summed E-state index contributed by atoms with van der Waals surface area (Å²) in [5.74, 6) is 1.09. The highest BCUT2D eigenvalue weighted by Gasteiger charge is 2.23. The average Bonchev–Trinajstić information content (AvgIpc) is 2.49. The number of ether oxygens (including phenoxy) is 1. The number of rotatable bonds is 5. The zero-order valence-electron chi connectivity index (χ0n) is 12.2. The van der Waals surface area contributed by atoms with E-state index in [1.807, 2.05) is 19.2 Å². The second-order valence-corrected chi connectivity index (χ2v) is 5.54. The van der Waals surface area contributed by atoms with Crippen LogP contribution in [0.25, 0.3) is 0 Å². The second-order valence-electron chi connectivity index (χ2n) is 5.11. The number of hydrogen-bond acceptors (Lipinski definition) is 3. The number of carbonyl (C=O) groups excluding carboxylic acids is 1. The molecule has 4 nitrogen and oxygen atoms in total. The molecule has 0 saturated carbocycles. The fourth-order valence-electron chi connectivity index (χ4n) is 2.32. The number of piperidine rings is 1. The summed E-state index contributed by atoms with van der Waals surface area (Å²) in [7, 11) is 1.84. The molecule has 1 heterocycles. The number of hydrogen-bond donors (Lipinski definition) is 1. The van der Waals surface area contributed by atoms with Gasteiger partial charge in [-0.25, -0.2) is 0 Å². The van der Waals surface area contributed by atoms with E-state index in [1.165, 1.54) is 0 Å². The van der Waals surface area contributed by atoms with Gasteiger partial charge < -0.3 is 15.0 Å². The largest absolute Gasteiger partial charge is 0.492 e. The van der Waals surface area contributed by atoms with E-state index < -0.39 is 0 Å². The van der Waals surface area contributed by atoms with Crippen molar-refractivity contribution >= 4 is 29.9 Å². The maximum Gasteiger partial charge on any atom is 0.226 e. The first kappa shape index (κ1) is 18.1. The van der Waals surface area contributed by atoms with Crippen molar-refractivity contribution in [2.24, 2.45) is 5.92 Å². The third kappa shape index (κ3) is 5.73. The van der Waals surface area contributed by atoms with Crippen molar-refractivity contribution in [3.05, 3.63) is 29.3 Å². The maximum absolute atomic E-state index is 12.2. The monoisotopic (exact) mass is 332 g/mol. The van der Waals surface area contributed by atoms with Crippen LogP contribution in [0.5, 0.6) is 5.75 Å². The molecule has 1 aromatic carbocycles. The van der Waals surface area contributed by atoms with Gasteiger partial charge in [-0.3, -0.25) is 4.79 Å². The molecular weight excluding hydrogens is 311 g/mol. The minimum Gasteiger partial charge on any atom is -0.492 e. The van der Waals surface area contributed by atoms with Gasteiger partial charge in [-0.05, 0) is 43.7 Å². The van der Waals surface area contributed by atoms with Gasteiger partial charge in [0.05, 0.1) is 12.5 Å². The topological polar surface area (TPSA) is 41.6 Å². The Morgan fingerprint density at radius 3 is 2.76 bits per heavy atom. The molecular formula is C15H22Cl2N2O2. The summed E-state index contributed by atoms with van der Waals surface area (Å²) in [5, 5.41) is 3.96. The Balaban J connectivity index is 0.00000220. The van der Waals surface area contributed by atoms with Crippen molar-refractivity contribution in [1.29, 1.82) is 0 Å². The van der Waals surface area contributed by atoms with E-state index in [0.717, 1.165) is 31.7 Å². The molecule has 21 heavy (non-hydrogen) atoms. The zero-order valence-corrected chi connectivity index (χ0v) is 13.8. The van der Waals surface area contributed by atoms with Crippen LogP contribution in [-0.4, -0.2) is 44.1 Å². The number of halogens is 2. The normalized spacial score (nSPS) is 17.7. The molecule has 0 aromatic heterocycles. The van der Waals surface area contributed by atoms with Crippen LogP contribution in [0.3, 0.4) is 0 Å². The van der Waals surface area contributed by atoms with Gasteiger partial charge in [0.25, 0.3) is 0 Å². The molecule has 1 saturated heterocycles. The second kappa shape index (κ2) is 9.13. The van der Waals surface area contributed by atoms with Crippen molar-refractivity contribution in [1.82, 2.24) is 10.2 Å². The minimum atomic E-state index is 0. The van der Waals surface area contributed by atoms with E-state index >= 15 is 0 Å². The van der Waals surface area contributed by atoms with E-state index in [4.69, 9.17) is 16.3 Å². The van der Waals surface area contributed by atoms with Gasteiger partial charge in [0, 0.05) is 18.6 Å². The SMILES string of the molecule is CN(CCOc1ccc(Cl)cc1)C(=O)[C@@H]1CCCNC1.Cl. The predicted octanol–water partition coefficient (Wildman–Crippen LogP) is 2.60. The molecule has 0 radical (unpaired) electrons. The van der Waals surface area contributed by atoms with Crippen LogP contribution < -0.4 is 10.1 Å². The number of benzene rings is 1. The van der Waals surface area contributed by atoms with Gasteiger partial charge in [0.1, 0.15) is 12.4 Å². The molecule has 1 amide bonds. The van der Waals surface area contributed by atoms with E-state index in [9.17, 15) is 4.79 Å². The molecule has 0 aliphatic carbocycles. The van der Waals surface area contributed by atoms with E-state index in [-0.39, 0.29) is 24.2 Å². The lowest BCUT2D eigenvalue weighted by atomic mass is 9.98. The van der Waals surface area contributed by atoms with Gasteiger partial charge in [-0.15, -0.1) is 12.4 Å². The van der Waals surface area contributed by atoms with Crippen LogP contribution in [0.1, 0.15) is 12.8 Å². The fourth-order valence-corrected chi connectivity index (χ4v) is 2.44. The number of amides is 1. The van der Waals surface area contributed by atoms with Crippen molar-refractivity contribution in [3.8, 4) is 5.75 Å². The fraction of sp³-hybridized carbons (Fsp3) is 0.533. The Kier molecular flexibility index (Phi) is 7.86. The summed E-state index contributed by atoms with van der Waals surface area (Å²) in [6, 6.07) is 7.24. The first-order valence-electron chi connectivity index (χ1n) is 7.01. The van der Waals surface area contributed by atoms with E-state index in [0.29, 0.717) is 18.2 Å². The molecule has 1 aliphatic heterocycles. The van der Waals surface area contributed by atoms with Crippen LogP contribution in [0.2, 0.25) is 5.02 Å². The summed E-state index contributed by atoms with van der Waals surface area (Å²) in [4.78, 5) is 14.0. The van der Waals surface area contributed by atoms with E-state index in [1.54, 1.807) is 17.0 Å². The van der Waals surface area contributed by atoms with Crippen LogP contribution in [-0.2, 0) is 4.79 Å². The molecule has 0 unspecified atom stereocenters. The van der Waals surface area contributed by atoms with Gasteiger partial charge in [-0.2, -0.15) is 0 Å². The number of carbonyl (C=O) groups is 1. The number of likely N-dealkylation sites (N-methyl/N-ethyl adjacent to an activating group) is 1. The smallest absolute Gasteiger partial charge is 0.226 e. The Hall–Kier alpha value is -0.970. The lowest BCUT2D eigenvalue weighted by Gasteiger charge is -2.27. The Labute approximate surface area is 137 Å². The first-order chi connectivity index (χ1) is 9.66. The molecule has 1 aliphatic rings. The zero-order chi connectivity index (χ0) is 14.4. The van der Waals surface area contributed by atoms with Crippen LogP contribution >= 0.6 is 24.0 Å². The molecule has 1 aromatic rings. The van der Waals surface area contributed by atoms with Gasteiger partial charge in [0.2, 0.25) is 5.91 Å². The summed E-state index contributed by atoms with van der Waals surface area (Å²) >= 11 is 5.81. The van der Waals surface area contributed by atoms with Crippen molar-refractivity contribution in [3.63, 3.8) is 0 Å².